The first-order valence-corrected chi connectivity index (χ1v) is 5.84. The van der Waals surface area contributed by atoms with Crippen LogP contribution < -0.4 is 5.32 Å². The lowest BCUT2D eigenvalue weighted by Gasteiger charge is -2.34. The molecule has 0 spiro atoms. The fraction of sp³-hybridized carbons (Fsp3) is 0.750. The van der Waals surface area contributed by atoms with E-state index in [1.165, 1.54) is 18.5 Å². The Morgan fingerprint density at radius 2 is 2.40 bits per heavy atom. The standard InChI is InChI=1S/C12H21N3/c1-10(2)12(5-4-6-14-12)7-11-8-13-9-15(11)3/h8-10,14H,4-7H2,1-3H3. The third kappa shape index (κ3) is 1.93. The van der Waals surface area contributed by atoms with Crippen LogP contribution in [-0.4, -0.2) is 21.6 Å². The minimum atomic E-state index is 0.299. The van der Waals surface area contributed by atoms with Crippen LogP contribution in [0.25, 0.3) is 0 Å². The highest BCUT2D eigenvalue weighted by Gasteiger charge is 2.37. The van der Waals surface area contributed by atoms with Crippen molar-refractivity contribution in [3.63, 3.8) is 0 Å². The van der Waals surface area contributed by atoms with Crippen molar-refractivity contribution in [2.45, 2.75) is 38.6 Å². The molecule has 15 heavy (non-hydrogen) atoms. The molecule has 0 radical (unpaired) electrons. The van der Waals surface area contributed by atoms with Crippen LogP contribution in [0.15, 0.2) is 12.5 Å². The highest BCUT2D eigenvalue weighted by molar-refractivity contribution is 5.08. The van der Waals surface area contributed by atoms with Crippen LogP contribution in [0.4, 0.5) is 0 Å². The Bertz CT molecular complexity index is 321. The van der Waals surface area contributed by atoms with Gasteiger partial charge in [-0.15, -0.1) is 0 Å². The Morgan fingerprint density at radius 1 is 1.60 bits per heavy atom. The summed E-state index contributed by atoms with van der Waals surface area (Å²) in [5, 5.41) is 3.69. The zero-order valence-corrected chi connectivity index (χ0v) is 9.95. The quantitative estimate of drug-likeness (QED) is 0.818. The first-order valence-electron chi connectivity index (χ1n) is 5.84. The van der Waals surface area contributed by atoms with Crippen LogP contribution in [0.3, 0.4) is 0 Å². The van der Waals surface area contributed by atoms with Crippen molar-refractivity contribution in [3.05, 3.63) is 18.2 Å². The number of rotatable bonds is 3. The van der Waals surface area contributed by atoms with E-state index in [4.69, 9.17) is 0 Å². The summed E-state index contributed by atoms with van der Waals surface area (Å²) in [6.45, 7) is 5.79. The maximum atomic E-state index is 4.19. The largest absolute Gasteiger partial charge is 0.338 e. The summed E-state index contributed by atoms with van der Waals surface area (Å²) in [7, 11) is 2.07. The summed E-state index contributed by atoms with van der Waals surface area (Å²) < 4.78 is 2.13. The van der Waals surface area contributed by atoms with E-state index in [2.05, 4.69) is 35.8 Å². The van der Waals surface area contributed by atoms with E-state index in [9.17, 15) is 0 Å². The van der Waals surface area contributed by atoms with Crippen LogP contribution in [0.2, 0.25) is 0 Å². The molecular weight excluding hydrogens is 186 g/mol. The van der Waals surface area contributed by atoms with Gasteiger partial charge in [-0.2, -0.15) is 0 Å². The minimum absolute atomic E-state index is 0.299. The first-order chi connectivity index (χ1) is 7.14. The van der Waals surface area contributed by atoms with Crippen LogP contribution in [-0.2, 0) is 13.5 Å². The van der Waals surface area contributed by atoms with Crippen molar-refractivity contribution < 1.29 is 0 Å². The average molecular weight is 207 g/mol. The third-order valence-electron chi connectivity index (χ3n) is 3.79. The smallest absolute Gasteiger partial charge is 0.0945 e. The fourth-order valence-corrected chi connectivity index (χ4v) is 2.56. The van der Waals surface area contributed by atoms with Gasteiger partial charge in [0.25, 0.3) is 0 Å². The lowest BCUT2D eigenvalue weighted by Crippen LogP contribution is -2.47. The number of imidazole rings is 1. The summed E-state index contributed by atoms with van der Waals surface area (Å²) in [6.07, 6.45) is 7.56. The highest BCUT2D eigenvalue weighted by Crippen LogP contribution is 2.30. The van der Waals surface area contributed by atoms with Gasteiger partial charge in [0.2, 0.25) is 0 Å². The van der Waals surface area contributed by atoms with E-state index in [1.807, 2.05) is 12.5 Å². The van der Waals surface area contributed by atoms with Crippen molar-refractivity contribution in [1.29, 1.82) is 0 Å². The molecule has 0 bridgehead atoms. The summed E-state index contributed by atoms with van der Waals surface area (Å²) >= 11 is 0. The van der Waals surface area contributed by atoms with Gasteiger partial charge < -0.3 is 9.88 Å². The van der Waals surface area contributed by atoms with Crippen LogP contribution >= 0.6 is 0 Å². The number of hydrogen-bond donors (Lipinski definition) is 1. The summed E-state index contributed by atoms with van der Waals surface area (Å²) in [6, 6.07) is 0. The molecule has 0 saturated carbocycles. The Hall–Kier alpha value is -0.830. The molecule has 1 aromatic rings. The topological polar surface area (TPSA) is 29.9 Å². The Kier molecular flexibility index (Phi) is 2.83. The van der Waals surface area contributed by atoms with Crippen molar-refractivity contribution in [1.82, 2.24) is 14.9 Å². The molecule has 0 aliphatic carbocycles. The molecule has 1 aliphatic rings. The van der Waals surface area contributed by atoms with Gasteiger partial charge in [0, 0.05) is 30.9 Å². The Balaban J connectivity index is 2.17. The summed E-state index contributed by atoms with van der Waals surface area (Å²) in [4.78, 5) is 4.19. The molecule has 1 aromatic heterocycles. The van der Waals surface area contributed by atoms with Gasteiger partial charge in [-0.3, -0.25) is 0 Å². The van der Waals surface area contributed by atoms with Gasteiger partial charge in [-0.05, 0) is 25.3 Å². The zero-order valence-electron chi connectivity index (χ0n) is 9.95. The molecule has 1 N–H and O–H groups in total. The lowest BCUT2D eigenvalue weighted by molar-refractivity contribution is 0.265. The first kappa shape index (κ1) is 10.7. The predicted molar refractivity (Wildman–Crippen MR) is 61.7 cm³/mol. The van der Waals surface area contributed by atoms with Crippen molar-refractivity contribution >= 4 is 0 Å². The molecule has 2 heterocycles. The SMILES string of the molecule is CC(C)C1(Cc2cncn2C)CCCN1. The number of aryl methyl sites for hydroxylation is 1. The number of aromatic nitrogens is 2. The molecule has 84 valence electrons. The number of nitrogens with one attached hydrogen (secondary N) is 1. The lowest BCUT2D eigenvalue weighted by atomic mass is 9.81. The maximum Gasteiger partial charge on any atom is 0.0945 e. The summed E-state index contributed by atoms with van der Waals surface area (Å²) in [5.41, 5.74) is 1.63. The molecule has 1 aliphatic heterocycles. The van der Waals surface area contributed by atoms with Gasteiger partial charge in [-0.25, -0.2) is 4.98 Å². The molecule has 1 saturated heterocycles. The van der Waals surface area contributed by atoms with E-state index in [0.717, 1.165) is 13.0 Å². The molecular formula is C12H21N3. The van der Waals surface area contributed by atoms with Gasteiger partial charge >= 0.3 is 0 Å². The predicted octanol–water partition coefficient (Wildman–Crippen LogP) is 1.74. The van der Waals surface area contributed by atoms with E-state index in [-0.39, 0.29) is 0 Å². The maximum absolute atomic E-state index is 4.19. The van der Waals surface area contributed by atoms with E-state index < -0.39 is 0 Å². The minimum Gasteiger partial charge on any atom is -0.338 e. The molecule has 1 atom stereocenters. The normalized spacial score (nSPS) is 26.4. The number of nitrogens with zero attached hydrogens (tertiary/aromatic N) is 2. The number of hydrogen-bond acceptors (Lipinski definition) is 2. The fourth-order valence-electron chi connectivity index (χ4n) is 2.56. The van der Waals surface area contributed by atoms with E-state index in [0.29, 0.717) is 11.5 Å². The molecule has 0 amide bonds. The van der Waals surface area contributed by atoms with E-state index in [1.54, 1.807) is 0 Å². The summed E-state index contributed by atoms with van der Waals surface area (Å²) in [5.74, 6) is 0.676. The molecule has 0 aromatic carbocycles. The van der Waals surface area contributed by atoms with Gasteiger partial charge in [0.1, 0.15) is 0 Å². The van der Waals surface area contributed by atoms with Crippen molar-refractivity contribution in [3.8, 4) is 0 Å². The third-order valence-corrected chi connectivity index (χ3v) is 3.79. The van der Waals surface area contributed by atoms with E-state index >= 15 is 0 Å². The Labute approximate surface area is 91.9 Å². The average Bonchev–Trinajstić information content (AvgIpc) is 2.78. The molecule has 3 heteroatoms. The second kappa shape index (κ2) is 3.97. The van der Waals surface area contributed by atoms with Crippen molar-refractivity contribution in [2.75, 3.05) is 6.54 Å². The van der Waals surface area contributed by atoms with Crippen LogP contribution in [0, 0.1) is 5.92 Å². The van der Waals surface area contributed by atoms with Crippen molar-refractivity contribution in [2.24, 2.45) is 13.0 Å². The monoisotopic (exact) mass is 207 g/mol. The van der Waals surface area contributed by atoms with Crippen LogP contribution in [0.5, 0.6) is 0 Å². The second-order valence-electron chi connectivity index (χ2n) is 5.01. The molecule has 1 fully saturated rings. The van der Waals surface area contributed by atoms with Gasteiger partial charge in [0.05, 0.1) is 6.33 Å². The molecule has 1 unspecified atom stereocenters. The molecule has 3 nitrogen and oxygen atoms in total. The van der Waals surface area contributed by atoms with Crippen LogP contribution in [0.1, 0.15) is 32.4 Å². The molecule has 2 rings (SSSR count). The second-order valence-corrected chi connectivity index (χ2v) is 5.01. The Morgan fingerprint density at radius 3 is 2.87 bits per heavy atom. The highest BCUT2D eigenvalue weighted by atomic mass is 15.1. The zero-order chi connectivity index (χ0) is 10.9. The van der Waals surface area contributed by atoms with Gasteiger partial charge in [-0.1, -0.05) is 13.8 Å². The van der Waals surface area contributed by atoms with Gasteiger partial charge in [0.15, 0.2) is 0 Å².